The number of likely N-dealkylation sites (tertiary alicyclic amines) is 1. The van der Waals surface area contributed by atoms with Crippen molar-refractivity contribution in [1.82, 2.24) is 10.2 Å². The highest BCUT2D eigenvalue weighted by atomic mass is 35.5. The van der Waals surface area contributed by atoms with E-state index < -0.39 is 0 Å². The Morgan fingerprint density at radius 1 is 1.45 bits per heavy atom. The molecule has 2 rings (SSSR count). The Labute approximate surface area is 124 Å². The summed E-state index contributed by atoms with van der Waals surface area (Å²) >= 11 is 6.12. The summed E-state index contributed by atoms with van der Waals surface area (Å²) in [6, 6.07) is 7.43. The van der Waals surface area contributed by atoms with E-state index in [0.717, 1.165) is 31.5 Å². The molecule has 0 spiro atoms. The van der Waals surface area contributed by atoms with Crippen molar-refractivity contribution in [3.8, 4) is 0 Å². The molecule has 1 fully saturated rings. The highest BCUT2D eigenvalue weighted by Crippen LogP contribution is 2.22. The molecule has 4 nitrogen and oxygen atoms in total. The van der Waals surface area contributed by atoms with Crippen LogP contribution in [0, 0.1) is 0 Å². The average Bonchev–Trinajstić information content (AvgIpc) is 2.41. The van der Waals surface area contributed by atoms with Crippen molar-refractivity contribution in [3.05, 3.63) is 34.9 Å². The molecule has 0 aromatic heterocycles. The summed E-state index contributed by atoms with van der Waals surface area (Å²) in [5, 5.41) is 13.1. The Hall–Kier alpha value is -1.10. The molecule has 20 heavy (non-hydrogen) atoms. The second-order valence-corrected chi connectivity index (χ2v) is 5.73. The van der Waals surface area contributed by atoms with E-state index in [1.54, 1.807) is 0 Å². The van der Waals surface area contributed by atoms with Crippen molar-refractivity contribution in [3.63, 3.8) is 0 Å². The van der Waals surface area contributed by atoms with E-state index in [0.29, 0.717) is 11.6 Å². The van der Waals surface area contributed by atoms with Crippen LogP contribution in [0.2, 0.25) is 5.02 Å². The summed E-state index contributed by atoms with van der Waals surface area (Å²) in [6.45, 7) is 3.85. The summed E-state index contributed by atoms with van der Waals surface area (Å²) in [6.07, 6.45) is 1.28. The fourth-order valence-corrected chi connectivity index (χ4v) is 2.77. The SMILES string of the molecule is C[C@@H](NC(=O)CN1CCC(O)CC1)c1ccccc1Cl. The summed E-state index contributed by atoms with van der Waals surface area (Å²) in [4.78, 5) is 14.1. The highest BCUT2D eigenvalue weighted by Gasteiger charge is 2.20. The number of rotatable bonds is 4. The monoisotopic (exact) mass is 296 g/mol. The zero-order chi connectivity index (χ0) is 14.5. The number of carbonyl (C=O) groups is 1. The van der Waals surface area contributed by atoms with Crippen LogP contribution in [-0.2, 0) is 4.79 Å². The minimum absolute atomic E-state index is 0.00573. The maximum absolute atomic E-state index is 12.0. The van der Waals surface area contributed by atoms with Crippen molar-refractivity contribution in [1.29, 1.82) is 0 Å². The minimum atomic E-state index is -0.212. The number of aliphatic hydroxyl groups is 1. The molecule has 0 bridgehead atoms. The van der Waals surface area contributed by atoms with Crippen LogP contribution in [0.5, 0.6) is 0 Å². The molecule has 0 radical (unpaired) electrons. The van der Waals surface area contributed by atoms with Gasteiger partial charge in [-0.15, -0.1) is 0 Å². The maximum atomic E-state index is 12.0. The van der Waals surface area contributed by atoms with Crippen LogP contribution < -0.4 is 5.32 Å². The second kappa shape index (κ2) is 7.07. The number of amides is 1. The maximum Gasteiger partial charge on any atom is 0.234 e. The van der Waals surface area contributed by atoms with Gasteiger partial charge in [-0.3, -0.25) is 9.69 Å². The van der Waals surface area contributed by atoms with Crippen LogP contribution in [0.4, 0.5) is 0 Å². The number of hydrogen-bond acceptors (Lipinski definition) is 3. The first-order valence-corrected chi connectivity index (χ1v) is 7.38. The van der Waals surface area contributed by atoms with Crippen molar-refractivity contribution in [2.24, 2.45) is 0 Å². The van der Waals surface area contributed by atoms with Crippen molar-refractivity contribution >= 4 is 17.5 Å². The van der Waals surface area contributed by atoms with E-state index in [9.17, 15) is 9.90 Å². The fourth-order valence-electron chi connectivity index (χ4n) is 2.47. The zero-order valence-electron chi connectivity index (χ0n) is 11.7. The number of aliphatic hydroxyl groups excluding tert-OH is 1. The molecule has 1 atom stereocenters. The van der Waals surface area contributed by atoms with Gasteiger partial charge in [-0.05, 0) is 31.4 Å². The third-order valence-electron chi connectivity index (χ3n) is 3.67. The van der Waals surface area contributed by atoms with Crippen LogP contribution in [0.25, 0.3) is 0 Å². The Morgan fingerprint density at radius 3 is 2.75 bits per heavy atom. The lowest BCUT2D eigenvalue weighted by Crippen LogP contribution is -2.43. The molecule has 2 N–H and O–H groups in total. The van der Waals surface area contributed by atoms with Gasteiger partial charge in [-0.2, -0.15) is 0 Å². The lowest BCUT2D eigenvalue weighted by Gasteiger charge is -2.29. The number of nitrogens with zero attached hydrogens (tertiary/aromatic N) is 1. The Kier molecular flexibility index (Phi) is 5.40. The van der Waals surface area contributed by atoms with E-state index in [4.69, 9.17) is 11.6 Å². The molecular weight excluding hydrogens is 276 g/mol. The Bertz CT molecular complexity index is 459. The number of hydrogen-bond donors (Lipinski definition) is 2. The normalized spacial score (nSPS) is 18.8. The van der Waals surface area contributed by atoms with Gasteiger partial charge in [0.1, 0.15) is 0 Å². The van der Waals surface area contributed by atoms with Crippen LogP contribution in [0.3, 0.4) is 0 Å². The Balaban J connectivity index is 1.84. The first-order chi connectivity index (χ1) is 9.56. The fraction of sp³-hybridized carbons (Fsp3) is 0.533. The van der Waals surface area contributed by atoms with Gasteiger partial charge in [0.25, 0.3) is 0 Å². The molecule has 0 saturated carbocycles. The summed E-state index contributed by atoms with van der Waals surface area (Å²) in [5.41, 5.74) is 0.927. The smallest absolute Gasteiger partial charge is 0.234 e. The summed E-state index contributed by atoms with van der Waals surface area (Å²) in [5.74, 6) is -0.00573. The minimum Gasteiger partial charge on any atom is -0.393 e. The molecule has 1 aliphatic rings. The van der Waals surface area contributed by atoms with Gasteiger partial charge in [0, 0.05) is 18.1 Å². The van der Waals surface area contributed by atoms with Crippen LogP contribution in [-0.4, -0.2) is 41.7 Å². The lowest BCUT2D eigenvalue weighted by atomic mass is 10.1. The summed E-state index contributed by atoms with van der Waals surface area (Å²) in [7, 11) is 0. The zero-order valence-corrected chi connectivity index (χ0v) is 12.4. The van der Waals surface area contributed by atoms with Gasteiger partial charge in [0.05, 0.1) is 18.7 Å². The predicted octanol–water partition coefficient (Wildman–Crippen LogP) is 1.97. The molecule has 0 unspecified atom stereocenters. The van der Waals surface area contributed by atoms with E-state index in [1.807, 2.05) is 31.2 Å². The van der Waals surface area contributed by atoms with E-state index in [-0.39, 0.29) is 18.1 Å². The largest absolute Gasteiger partial charge is 0.393 e. The first kappa shape index (κ1) is 15.3. The molecule has 1 aromatic carbocycles. The van der Waals surface area contributed by atoms with Crippen molar-refractivity contribution in [2.45, 2.75) is 31.9 Å². The van der Waals surface area contributed by atoms with Gasteiger partial charge in [0.2, 0.25) is 5.91 Å². The molecular formula is C15H21ClN2O2. The molecule has 1 amide bonds. The number of piperidine rings is 1. The van der Waals surface area contributed by atoms with Gasteiger partial charge in [0.15, 0.2) is 0 Å². The predicted molar refractivity (Wildman–Crippen MR) is 79.7 cm³/mol. The molecule has 5 heteroatoms. The highest BCUT2D eigenvalue weighted by molar-refractivity contribution is 6.31. The third kappa shape index (κ3) is 4.20. The molecule has 1 saturated heterocycles. The molecule has 1 heterocycles. The van der Waals surface area contributed by atoms with Crippen LogP contribution in [0.1, 0.15) is 31.4 Å². The lowest BCUT2D eigenvalue weighted by molar-refractivity contribution is -0.123. The summed E-state index contributed by atoms with van der Waals surface area (Å²) < 4.78 is 0. The van der Waals surface area contributed by atoms with E-state index in [2.05, 4.69) is 10.2 Å². The van der Waals surface area contributed by atoms with Crippen molar-refractivity contribution in [2.75, 3.05) is 19.6 Å². The molecule has 1 aromatic rings. The Morgan fingerprint density at radius 2 is 2.10 bits per heavy atom. The molecule has 110 valence electrons. The standard InChI is InChI=1S/C15H21ClN2O2/c1-11(13-4-2-3-5-14(13)16)17-15(20)10-18-8-6-12(19)7-9-18/h2-5,11-12,19H,6-10H2,1H3,(H,17,20)/t11-/m1/s1. The van der Waals surface area contributed by atoms with E-state index >= 15 is 0 Å². The van der Waals surface area contributed by atoms with Gasteiger partial charge in [-0.1, -0.05) is 29.8 Å². The second-order valence-electron chi connectivity index (χ2n) is 5.32. The number of halogens is 1. The molecule has 1 aliphatic heterocycles. The van der Waals surface area contributed by atoms with Gasteiger partial charge in [-0.25, -0.2) is 0 Å². The van der Waals surface area contributed by atoms with Crippen molar-refractivity contribution < 1.29 is 9.90 Å². The number of carbonyl (C=O) groups excluding carboxylic acids is 1. The van der Waals surface area contributed by atoms with Gasteiger partial charge < -0.3 is 10.4 Å². The van der Waals surface area contributed by atoms with Crippen LogP contribution in [0.15, 0.2) is 24.3 Å². The average molecular weight is 297 g/mol. The molecule has 0 aliphatic carbocycles. The third-order valence-corrected chi connectivity index (χ3v) is 4.02. The number of benzene rings is 1. The quantitative estimate of drug-likeness (QED) is 0.893. The topological polar surface area (TPSA) is 52.6 Å². The van der Waals surface area contributed by atoms with Crippen LogP contribution >= 0.6 is 11.6 Å². The van der Waals surface area contributed by atoms with E-state index in [1.165, 1.54) is 0 Å². The first-order valence-electron chi connectivity index (χ1n) is 7.00. The van der Waals surface area contributed by atoms with Gasteiger partial charge >= 0.3 is 0 Å². The number of nitrogens with one attached hydrogen (secondary N) is 1.